The quantitative estimate of drug-likeness (QED) is 0.408. The van der Waals surface area contributed by atoms with Gasteiger partial charge in [0.05, 0.1) is 13.0 Å². The summed E-state index contributed by atoms with van der Waals surface area (Å²) in [6.45, 7) is 9.25. The number of nitrogens with one attached hydrogen (secondary N) is 1. The third-order valence-corrected chi connectivity index (χ3v) is 9.61. The molecule has 5 rings (SSSR count). The standard InChI is InChI=1S/C33H46N2O3/c1-32(2,3)24-15-22(16-25(19-24)33(4)12-13-33)27-20-29(30(36)34-26-17-23(18-26)31(37)38-6)35(5)28(27)14-21-10-8-7-9-11-21/h15-16,19-21,23,26H,7-14,17-18H2,1-6H3,(H,34,36). The van der Waals surface area contributed by atoms with Crippen molar-refractivity contribution in [2.45, 2.75) is 109 Å². The number of carbonyl (C=O) groups is 2. The first-order chi connectivity index (χ1) is 18.0. The number of benzene rings is 1. The Hall–Kier alpha value is -2.56. The molecule has 1 amide bonds. The highest BCUT2D eigenvalue weighted by Gasteiger charge is 2.40. The molecule has 3 saturated carbocycles. The van der Waals surface area contributed by atoms with Gasteiger partial charge >= 0.3 is 5.97 Å². The molecule has 0 aliphatic heterocycles. The van der Waals surface area contributed by atoms with E-state index in [0.717, 1.165) is 6.42 Å². The van der Waals surface area contributed by atoms with Crippen LogP contribution < -0.4 is 5.32 Å². The summed E-state index contributed by atoms with van der Waals surface area (Å²) in [6, 6.07) is 9.34. The average molecular weight is 519 g/mol. The number of amides is 1. The van der Waals surface area contributed by atoms with E-state index < -0.39 is 0 Å². The molecule has 3 aliphatic rings. The largest absolute Gasteiger partial charge is 0.469 e. The number of carbonyl (C=O) groups excluding carboxylic acids is 2. The smallest absolute Gasteiger partial charge is 0.308 e. The van der Waals surface area contributed by atoms with Crippen molar-refractivity contribution in [3.05, 3.63) is 46.8 Å². The molecular weight excluding hydrogens is 472 g/mol. The zero-order chi connectivity index (χ0) is 27.2. The van der Waals surface area contributed by atoms with E-state index in [-0.39, 0.29) is 34.7 Å². The first-order valence-electron chi connectivity index (χ1n) is 14.7. The number of rotatable bonds is 7. The Balaban J connectivity index is 1.50. The van der Waals surface area contributed by atoms with Crippen molar-refractivity contribution in [3.63, 3.8) is 0 Å². The van der Waals surface area contributed by atoms with Gasteiger partial charge in [-0.25, -0.2) is 0 Å². The van der Waals surface area contributed by atoms with Crippen LogP contribution in [0.25, 0.3) is 11.1 Å². The van der Waals surface area contributed by atoms with Crippen molar-refractivity contribution in [3.8, 4) is 11.1 Å². The summed E-state index contributed by atoms with van der Waals surface area (Å²) in [5, 5.41) is 3.19. The average Bonchev–Trinajstić information content (AvgIpc) is 3.54. The van der Waals surface area contributed by atoms with Crippen LogP contribution in [-0.4, -0.2) is 29.6 Å². The molecule has 3 fully saturated rings. The number of nitrogens with zero attached hydrogens (tertiary/aromatic N) is 1. The topological polar surface area (TPSA) is 60.3 Å². The van der Waals surface area contributed by atoms with Gasteiger partial charge < -0.3 is 14.6 Å². The van der Waals surface area contributed by atoms with Crippen molar-refractivity contribution in [2.24, 2.45) is 18.9 Å². The Morgan fingerprint density at radius 1 is 1.05 bits per heavy atom. The fourth-order valence-electron chi connectivity index (χ4n) is 6.42. The van der Waals surface area contributed by atoms with Crippen molar-refractivity contribution < 1.29 is 14.3 Å². The summed E-state index contributed by atoms with van der Waals surface area (Å²) in [6.07, 6.45) is 11.3. The number of ether oxygens (including phenoxy) is 1. The third-order valence-electron chi connectivity index (χ3n) is 9.61. The van der Waals surface area contributed by atoms with E-state index in [2.05, 4.69) is 68.9 Å². The highest BCUT2D eigenvalue weighted by molar-refractivity contribution is 5.95. The molecule has 5 nitrogen and oxygen atoms in total. The summed E-state index contributed by atoms with van der Waals surface area (Å²) >= 11 is 0. The predicted molar refractivity (Wildman–Crippen MR) is 152 cm³/mol. The summed E-state index contributed by atoms with van der Waals surface area (Å²) in [4.78, 5) is 25.3. The van der Waals surface area contributed by atoms with Gasteiger partial charge in [-0.1, -0.05) is 78.0 Å². The molecule has 0 radical (unpaired) electrons. The van der Waals surface area contributed by atoms with E-state index in [1.807, 2.05) is 0 Å². The minimum Gasteiger partial charge on any atom is -0.469 e. The van der Waals surface area contributed by atoms with Gasteiger partial charge in [-0.15, -0.1) is 0 Å². The van der Waals surface area contributed by atoms with Crippen molar-refractivity contribution in [2.75, 3.05) is 7.11 Å². The Labute approximate surface area is 228 Å². The first kappa shape index (κ1) is 27.0. The molecular formula is C33H46N2O3. The Bertz CT molecular complexity index is 1180. The summed E-state index contributed by atoms with van der Waals surface area (Å²) in [5.41, 5.74) is 7.57. The van der Waals surface area contributed by atoms with Crippen molar-refractivity contribution in [1.82, 2.24) is 9.88 Å². The van der Waals surface area contributed by atoms with E-state index in [1.165, 1.54) is 80.0 Å². The van der Waals surface area contributed by atoms with Crippen molar-refractivity contribution >= 4 is 11.9 Å². The molecule has 0 spiro atoms. The van der Waals surface area contributed by atoms with Gasteiger partial charge in [0.15, 0.2) is 0 Å². The summed E-state index contributed by atoms with van der Waals surface area (Å²) < 4.78 is 7.02. The fourth-order valence-corrected chi connectivity index (χ4v) is 6.42. The van der Waals surface area contributed by atoms with Gasteiger partial charge in [0.1, 0.15) is 5.69 Å². The summed E-state index contributed by atoms with van der Waals surface area (Å²) in [5.74, 6) is 0.354. The molecule has 38 heavy (non-hydrogen) atoms. The van der Waals surface area contributed by atoms with E-state index in [1.54, 1.807) is 0 Å². The molecule has 5 heteroatoms. The minimum atomic E-state index is -0.176. The molecule has 1 aromatic heterocycles. The van der Waals surface area contributed by atoms with Gasteiger partial charge in [-0.2, -0.15) is 0 Å². The van der Waals surface area contributed by atoms with Crippen LogP contribution in [0, 0.1) is 11.8 Å². The van der Waals surface area contributed by atoms with Crippen LogP contribution in [-0.2, 0) is 33.8 Å². The monoisotopic (exact) mass is 518 g/mol. The zero-order valence-electron chi connectivity index (χ0n) is 24.3. The lowest BCUT2D eigenvalue weighted by molar-refractivity contribution is -0.149. The number of methoxy groups -OCH3 is 1. The maximum absolute atomic E-state index is 13.5. The van der Waals surface area contributed by atoms with Crippen LogP contribution >= 0.6 is 0 Å². The second-order valence-corrected chi connectivity index (χ2v) is 13.6. The predicted octanol–water partition coefficient (Wildman–Crippen LogP) is 6.85. The van der Waals surface area contributed by atoms with E-state index in [9.17, 15) is 9.59 Å². The van der Waals surface area contributed by atoms with Gasteiger partial charge in [0.2, 0.25) is 0 Å². The Morgan fingerprint density at radius 3 is 2.34 bits per heavy atom. The maximum atomic E-state index is 13.5. The van der Waals surface area contributed by atoms with Crippen LogP contribution in [0.1, 0.15) is 113 Å². The highest BCUT2D eigenvalue weighted by Crippen LogP contribution is 2.49. The molecule has 0 atom stereocenters. The van der Waals surface area contributed by atoms with Crippen LogP contribution in [0.5, 0.6) is 0 Å². The Morgan fingerprint density at radius 2 is 1.74 bits per heavy atom. The number of esters is 1. The molecule has 1 heterocycles. The van der Waals surface area contributed by atoms with E-state index in [4.69, 9.17) is 4.74 Å². The molecule has 0 unspecified atom stereocenters. The Kier molecular flexibility index (Phi) is 7.26. The van der Waals surface area contributed by atoms with E-state index in [0.29, 0.717) is 24.5 Å². The first-order valence-corrected chi connectivity index (χ1v) is 14.7. The number of hydrogen-bond acceptors (Lipinski definition) is 3. The lowest BCUT2D eigenvalue weighted by Gasteiger charge is -2.33. The second kappa shape index (κ2) is 10.2. The second-order valence-electron chi connectivity index (χ2n) is 13.6. The lowest BCUT2D eigenvalue weighted by Crippen LogP contribution is -2.47. The molecule has 2 aromatic rings. The third kappa shape index (κ3) is 5.44. The lowest BCUT2D eigenvalue weighted by atomic mass is 9.80. The van der Waals surface area contributed by atoms with Gasteiger partial charge in [-0.3, -0.25) is 9.59 Å². The number of aromatic nitrogens is 1. The normalized spacial score (nSPS) is 23.0. The van der Waals surface area contributed by atoms with Crippen LogP contribution in [0.4, 0.5) is 0 Å². The summed E-state index contributed by atoms with van der Waals surface area (Å²) in [7, 11) is 3.49. The zero-order valence-corrected chi connectivity index (χ0v) is 24.3. The van der Waals surface area contributed by atoms with Gasteiger partial charge in [0.25, 0.3) is 5.91 Å². The SMILES string of the molecule is COC(=O)C1CC(NC(=O)c2cc(-c3cc(C(C)(C)C)cc(C4(C)CC4)c3)c(CC3CCCCC3)n2C)C1. The molecule has 0 bridgehead atoms. The van der Waals surface area contributed by atoms with Crippen molar-refractivity contribution in [1.29, 1.82) is 0 Å². The molecule has 1 N–H and O–H groups in total. The van der Waals surface area contributed by atoms with Gasteiger partial charge in [-0.05, 0) is 71.6 Å². The van der Waals surface area contributed by atoms with Crippen LogP contribution in [0.3, 0.4) is 0 Å². The van der Waals surface area contributed by atoms with Gasteiger partial charge in [0, 0.05) is 24.3 Å². The molecule has 3 aliphatic carbocycles. The minimum absolute atomic E-state index is 0.0254. The van der Waals surface area contributed by atoms with E-state index >= 15 is 0 Å². The number of hydrogen-bond donors (Lipinski definition) is 1. The van der Waals surface area contributed by atoms with Crippen LogP contribution in [0.2, 0.25) is 0 Å². The molecule has 1 aromatic carbocycles. The maximum Gasteiger partial charge on any atom is 0.308 e. The fraction of sp³-hybridized carbons (Fsp3) is 0.636. The highest BCUT2D eigenvalue weighted by atomic mass is 16.5. The molecule has 206 valence electrons. The molecule has 0 saturated heterocycles. The van der Waals surface area contributed by atoms with Crippen LogP contribution in [0.15, 0.2) is 24.3 Å².